The van der Waals surface area contributed by atoms with Crippen LogP contribution < -0.4 is 5.32 Å². The molecule has 0 aromatic rings. The molecule has 1 aliphatic carbocycles. The van der Waals surface area contributed by atoms with Crippen LogP contribution in [0.1, 0.15) is 32.6 Å². The first-order valence-corrected chi connectivity index (χ1v) is 6.77. The molecule has 0 aromatic carbocycles. The Balaban J connectivity index is 1.72. The Morgan fingerprint density at radius 3 is 2.62 bits per heavy atom. The van der Waals surface area contributed by atoms with Crippen LogP contribution in [0.2, 0.25) is 0 Å². The Labute approximate surface area is 99.5 Å². The Bertz CT molecular complexity index is 196. The van der Waals surface area contributed by atoms with E-state index in [1.807, 2.05) is 0 Å². The van der Waals surface area contributed by atoms with E-state index < -0.39 is 0 Å². The molecule has 2 fully saturated rings. The molecule has 16 heavy (non-hydrogen) atoms. The molecule has 1 heterocycles. The van der Waals surface area contributed by atoms with Gasteiger partial charge < -0.3 is 15.0 Å². The molecule has 2 aliphatic rings. The van der Waals surface area contributed by atoms with Gasteiger partial charge in [-0.2, -0.15) is 0 Å². The second kappa shape index (κ2) is 5.99. The molecule has 1 atom stereocenters. The molecule has 1 saturated carbocycles. The van der Waals surface area contributed by atoms with Gasteiger partial charge in [-0.05, 0) is 38.6 Å². The van der Waals surface area contributed by atoms with Crippen LogP contribution in [0.15, 0.2) is 0 Å². The van der Waals surface area contributed by atoms with Gasteiger partial charge in [-0.15, -0.1) is 0 Å². The van der Waals surface area contributed by atoms with E-state index in [9.17, 15) is 0 Å². The summed E-state index contributed by atoms with van der Waals surface area (Å²) in [6.45, 7) is 6.29. The highest BCUT2D eigenvalue weighted by Crippen LogP contribution is 2.26. The molecular weight excluding hydrogens is 200 g/mol. The van der Waals surface area contributed by atoms with E-state index in [4.69, 9.17) is 4.74 Å². The first-order valence-electron chi connectivity index (χ1n) is 6.77. The van der Waals surface area contributed by atoms with Crippen molar-refractivity contribution in [1.29, 1.82) is 0 Å². The largest absolute Gasteiger partial charge is 0.378 e. The Morgan fingerprint density at radius 2 is 2.00 bits per heavy atom. The van der Waals surface area contributed by atoms with Gasteiger partial charge in [-0.1, -0.05) is 6.92 Å². The van der Waals surface area contributed by atoms with Crippen molar-refractivity contribution >= 4 is 0 Å². The van der Waals surface area contributed by atoms with Gasteiger partial charge in [-0.25, -0.2) is 0 Å². The number of likely N-dealkylation sites (N-methyl/N-ethyl adjacent to an activating group) is 1. The molecule has 0 bridgehead atoms. The summed E-state index contributed by atoms with van der Waals surface area (Å²) >= 11 is 0. The zero-order valence-corrected chi connectivity index (χ0v) is 10.7. The molecule has 0 spiro atoms. The molecule has 3 heteroatoms. The normalized spacial score (nSPS) is 36.6. The zero-order chi connectivity index (χ0) is 11.4. The lowest BCUT2D eigenvalue weighted by atomic mass is 9.86. The van der Waals surface area contributed by atoms with Gasteiger partial charge in [0.25, 0.3) is 0 Å². The van der Waals surface area contributed by atoms with E-state index in [1.54, 1.807) is 0 Å². The molecule has 1 saturated heterocycles. The van der Waals surface area contributed by atoms with Crippen molar-refractivity contribution in [3.05, 3.63) is 0 Å². The zero-order valence-electron chi connectivity index (χ0n) is 10.7. The number of rotatable bonds is 3. The number of nitrogens with one attached hydrogen (secondary N) is 1. The van der Waals surface area contributed by atoms with Crippen molar-refractivity contribution in [3.8, 4) is 0 Å². The average Bonchev–Trinajstić information content (AvgIpc) is 2.31. The standard InChI is InChI=1S/C13H26N2O/c1-11-3-5-13(6-4-11)15(2)9-12-10-16-8-7-14-12/h11-14H,3-10H2,1-2H3. The predicted octanol–water partition coefficient (Wildman–Crippen LogP) is 1.49. The maximum atomic E-state index is 5.50. The smallest absolute Gasteiger partial charge is 0.0632 e. The van der Waals surface area contributed by atoms with Crippen molar-refractivity contribution in [2.24, 2.45) is 5.92 Å². The van der Waals surface area contributed by atoms with Crippen LogP contribution in [0.5, 0.6) is 0 Å². The summed E-state index contributed by atoms with van der Waals surface area (Å²) in [5, 5.41) is 3.53. The highest BCUT2D eigenvalue weighted by atomic mass is 16.5. The van der Waals surface area contributed by atoms with Gasteiger partial charge in [0.2, 0.25) is 0 Å². The molecule has 1 unspecified atom stereocenters. The van der Waals surface area contributed by atoms with Gasteiger partial charge in [0.1, 0.15) is 0 Å². The van der Waals surface area contributed by atoms with Crippen molar-refractivity contribution in [2.75, 3.05) is 33.4 Å². The fraction of sp³-hybridized carbons (Fsp3) is 1.00. The van der Waals surface area contributed by atoms with Crippen LogP contribution in [0.4, 0.5) is 0 Å². The van der Waals surface area contributed by atoms with Crippen LogP contribution in [0, 0.1) is 5.92 Å². The van der Waals surface area contributed by atoms with Crippen molar-refractivity contribution in [1.82, 2.24) is 10.2 Å². The number of nitrogens with zero attached hydrogens (tertiary/aromatic N) is 1. The molecule has 0 aromatic heterocycles. The number of morpholine rings is 1. The summed E-state index contributed by atoms with van der Waals surface area (Å²) in [6.07, 6.45) is 5.57. The second-order valence-electron chi connectivity index (χ2n) is 5.58. The van der Waals surface area contributed by atoms with E-state index >= 15 is 0 Å². The lowest BCUT2D eigenvalue weighted by Crippen LogP contribution is -2.50. The van der Waals surface area contributed by atoms with Crippen LogP contribution in [-0.4, -0.2) is 50.3 Å². The Kier molecular flexibility index (Phi) is 4.62. The van der Waals surface area contributed by atoms with E-state index in [-0.39, 0.29) is 0 Å². The molecule has 94 valence electrons. The fourth-order valence-electron chi connectivity index (χ4n) is 2.92. The van der Waals surface area contributed by atoms with Crippen LogP contribution in [0.25, 0.3) is 0 Å². The summed E-state index contributed by atoms with van der Waals surface area (Å²) in [5.74, 6) is 0.945. The predicted molar refractivity (Wildman–Crippen MR) is 66.7 cm³/mol. The molecule has 1 N–H and O–H groups in total. The van der Waals surface area contributed by atoms with Gasteiger partial charge >= 0.3 is 0 Å². The van der Waals surface area contributed by atoms with Crippen LogP contribution >= 0.6 is 0 Å². The number of hydrogen-bond donors (Lipinski definition) is 1. The van der Waals surface area contributed by atoms with E-state index in [0.29, 0.717) is 6.04 Å². The SMILES string of the molecule is CC1CCC(N(C)CC2COCCN2)CC1. The van der Waals surface area contributed by atoms with Crippen LogP contribution in [-0.2, 0) is 4.74 Å². The lowest BCUT2D eigenvalue weighted by Gasteiger charge is -2.36. The number of ether oxygens (including phenoxy) is 1. The first-order chi connectivity index (χ1) is 7.75. The molecule has 0 radical (unpaired) electrons. The highest BCUT2D eigenvalue weighted by Gasteiger charge is 2.24. The summed E-state index contributed by atoms with van der Waals surface area (Å²) in [7, 11) is 2.27. The summed E-state index contributed by atoms with van der Waals surface area (Å²) in [4.78, 5) is 2.54. The minimum Gasteiger partial charge on any atom is -0.378 e. The molecule has 0 amide bonds. The summed E-state index contributed by atoms with van der Waals surface area (Å²) in [6, 6.07) is 1.35. The van der Waals surface area contributed by atoms with E-state index in [0.717, 1.165) is 38.3 Å². The van der Waals surface area contributed by atoms with Gasteiger partial charge in [-0.3, -0.25) is 0 Å². The highest BCUT2D eigenvalue weighted by molar-refractivity contribution is 4.80. The van der Waals surface area contributed by atoms with E-state index in [1.165, 1.54) is 25.7 Å². The van der Waals surface area contributed by atoms with Gasteiger partial charge in [0, 0.05) is 25.2 Å². The van der Waals surface area contributed by atoms with Crippen LogP contribution in [0.3, 0.4) is 0 Å². The van der Waals surface area contributed by atoms with Gasteiger partial charge in [0.15, 0.2) is 0 Å². The molecule has 2 rings (SSSR count). The van der Waals surface area contributed by atoms with Crippen molar-refractivity contribution < 1.29 is 4.74 Å². The summed E-state index contributed by atoms with van der Waals surface area (Å²) < 4.78 is 5.50. The maximum absolute atomic E-state index is 5.50. The van der Waals surface area contributed by atoms with Gasteiger partial charge in [0.05, 0.1) is 13.2 Å². The third kappa shape index (κ3) is 3.44. The minimum atomic E-state index is 0.540. The fourth-order valence-corrected chi connectivity index (χ4v) is 2.92. The molecular formula is C13H26N2O. The molecule has 3 nitrogen and oxygen atoms in total. The summed E-state index contributed by atoms with van der Waals surface area (Å²) in [5.41, 5.74) is 0. The first kappa shape index (κ1) is 12.3. The van der Waals surface area contributed by atoms with E-state index in [2.05, 4.69) is 24.2 Å². The van der Waals surface area contributed by atoms with Crippen molar-refractivity contribution in [2.45, 2.75) is 44.7 Å². The monoisotopic (exact) mass is 226 g/mol. The second-order valence-corrected chi connectivity index (χ2v) is 5.58. The number of hydrogen-bond acceptors (Lipinski definition) is 3. The average molecular weight is 226 g/mol. The minimum absolute atomic E-state index is 0.540. The lowest BCUT2D eigenvalue weighted by molar-refractivity contribution is 0.0545. The maximum Gasteiger partial charge on any atom is 0.0632 e. The topological polar surface area (TPSA) is 24.5 Å². The Morgan fingerprint density at radius 1 is 1.25 bits per heavy atom. The molecule has 1 aliphatic heterocycles. The van der Waals surface area contributed by atoms with Crippen molar-refractivity contribution in [3.63, 3.8) is 0 Å². The quantitative estimate of drug-likeness (QED) is 0.789. The Hall–Kier alpha value is -0.120. The third-order valence-corrected chi connectivity index (χ3v) is 4.12. The third-order valence-electron chi connectivity index (χ3n) is 4.12.